The highest BCUT2D eigenvalue weighted by molar-refractivity contribution is 5.33. The van der Waals surface area contributed by atoms with Gasteiger partial charge in [0.05, 0.1) is 11.4 Å². The van der Waals surface area contributed by atoms with Crippen molar-refractivity contribution in [3.8, 4) is 11.4 Å². The van der Waals surface area contributed by atoms with Crippen LogP contribution in [0.5, 0.6) is 0 Å². The molecule has 0 spiro atoms. The molecule has 0 saturated carbocycles. The van der Waals surface area contributed by atoms with Crippen LogP contribution in [0.1, 0.15) is 0 Å². The number of hydrogen-bond acceptors (Lipinski definition) is 3. The van der Waals surface area contributed by atoms with Gasteiger partial charge in [0.25, 0.3) is 0 Å². The maximum absolute atomic E-state index is 12.3. The Labute approximate surface area is 103 Å². The smallest absolute Gasteiger partial charge is 0.268 e. The average Bonchev–Trinajstić information content (AvgIpc) is 2.83. The zero-order valence-corrected chi connectivity index (χ0v) is 9.47. The highest BCUT2D eigenvalue weighted by Gasteiger charge is 2.06. The van der Waals surface area contributed by atoms with Gasteiger partial charge in [0.1, 0.15) is 0 Å². The van der Waals surface area contributed by atoms with Crippen molar-refractivity contribution in [2.75, 3.05) is 0 Å². The monoisotopic (exact) mass is 238 g/mol. The molecule has 0 N–H and O–H groups in total. The highest BCUT2D eigenvalue weighted by Crippen LogP contribution is 2.06. The Morgan fingerprint density at radius 1 is 0.722 bits per heavy atom. The SMILES string of the molecule is O=c1n(-c2ccncc2)ccn1-c1ccncc1. The Morgan fingerprint density at radius 2 is 1.11 bits per heavy atom. The second-order valence-electron chi connectivity index (χ2n) is 3.73. The summed E-state index contributed by atoms with van der Waals surface area (Å²) in [4.78, 5) is 20.1. The van der Waals surface area contributed by atoms with E-state index in [0.717, 1.165) is 11.4 Å². The minimum Gasteiger partial charge on any atom is -0.268 e. The third-order valence-corrected chi connectivity index (χ3v) is 2.66. The minimum atomic E-state index is -0.118. The van der Waals surface area contributed by atoms with Crippen molar-refractivity contribution in [3.05, 3.63) is 71.9 Å². The molecule has 0 radical (unpaired) electrons. The predicted octanol–water partition coefficient (Wildman–Crippen LogP) is 1.42. The Morgan fingerprint density at radius 3 is 1.50 bits per heavy atom. The summed E-state index contributed by atoms with van der Waals surface area (Å²) in [5, 5.41) is 0. The predicted molar refractivity (Wildman–Crippen MR) is 67.0 cm³/mol. The largest absolute Gasteiger partial charge is 0.337 e. The van der Waals surface area contributed by atoms with E-state index in [2.05, 4.69) is 9.97 Å². The molecule has 5 nitrogen and oxygen atoms in total. The summed E-state index contributed by atoms with van der Waals surface area (Å²) in [6.07, 6.45) is 10.1. The van der Waals surface area contributed by atoms with Crippen LogP contribution in [0.2, 0.25) is 0 Å². The van der Waals surface area contributed by atoms with E-state index in [1.807, 2.05) is 0 Å². The van der Waals surface area contributed by atoms with Crippen molar-refractivity contribution in [2.45, 2.75) is 0 Å². The Kier molecular flexibility index (Phi) is 2.49. The first-order valence-electron chi connectivity index (χ1n) is 5.47. The van der Waals surface area contributed by atoms with Crippen molar-refractivity contribution >= 4 is 0 Å². The molecule has 0 unspecified atom stereocenters. The fraction of sp³-hybridized carbons (Fsp3) is 0. The van der Waals surface area contributed by atoms with Crippen molar-refractivity contribution < 1.29 is 0 Å². The number of nitrogens with zero attached hydrogens (tertiary/aromatic N) is 4. The average molecular weight is 238 g/mol. The molecule has 0 aliphatic rings. The maximum atomic E-state index is 12.3. The molecule has 0 aromatic carbocycles. The van der Waals surface area contributed by atoms with Crippen LogP contribution in [0.15, 0.2) is 66.2 Å². The summed E-state index contributed by atoms with van der Waals surface area (Å²) in [5.41, 5.74) is 1.47. The topological polar surface area (TPSA) is 52.7 Å². The van der Waals surface area contributed by atoms with Gasteiger partial charge in [0.2, 0.25) is 0 Å². The van der Waals surface area contributed by atoms with Crippen LogP contribution in [0, 0.1) is 0 Å². The zero-order chi connectivity index (χ0) is 12.4. The summed E-state index contributed by atoms with van der Waals surface area (Å²) in [5.74, 6) is 0. The normalized spacial score (nSPS) is 10.4. The minimum absolute atomic E-state index is 0.118. The molecule has 18 heavy (non-hydrogen) atoms. The lowest BCUT2D eigenvalue weighted by atomic mass is 10.4. The van der Waals surface area contributed by atoms with Gasteiger partial charge < -0.3 is 0 Å². The lowest BCUT2D eigenvalue weighted by Gasteiger charge is -2.01. The van der Waals surface area contributed by atoms with Gasteiger partial charge in [-0.25, -0.2) is 4.79 Å². The Bertz CT molecular complexity index is 641. The fourth-order valence-electron chi connectivity index (χ4n) is 1.78. The second-order valence-corrected chi connectivity index (χ2v) is 3.73. The van der Waals surface area contributed by atoms with E-state index in [1.54, 1.807) is 70.6 Å². The molecule has 3 aromatic rings. The molecular weight excluding hydrogens is 228 g/mol. The van der Waals surface area contributed by atoms with Gasteiger partial charge in [0.15, 0.2) is 0 Å². The Hall–Kier alpha value is -2.69. The number of rotatable bonds is 2. The van der Waals surface area contributed by atoms with Gasteiger partial charge in [-0.2, -0.15) is 0 Å². The van der Waals surface area contributed by atoms with Gasteiger partial charge in [-0.05, 0) is 24.3 Å². The van der Waals surface area contributed by atoms with E-state index >= 15 is 0 Å². The summed E-state index contributed by atoms with van der Waals surface area (Å²) in [7, 11) is 0. The number of imidazole rings is 1. The molecule has 3 rings (SSSR count). The molecule has 0 atom stereocenters. The number of hydrogen-bond donors (Lipinski definition) is 0. The summed E-state index contributed by atoms with van der Waals surface area (Å²) < 4.78 is 3.14. The van der Waals surface area contributed by atoms with Crippen molar-refractivity contribution in [3.63, 3.8) is 0 Å². The third-order valence-electron chi connectivity index (χ3n) is 2.66. The van der Waals surface area contributed by atoms with Crippen LogP contribution in [0.4, 0.5) is 0 Å². The van der Waals surface area contributed by atoms with Crippen LogP contribution in [-0.4, -0.2) is 19.1 Å². The Balaban J connectivity index is 2.12. The van der Waals surface area contributed by atoms with E-state index in [0.29, 0.717) is 0 Å². The first-order valence-corrected chi connectivity index (χ1v) is 5.47. The molecule has 0 saturated heterocycles. The molecule has 5 heteroatoms. The summed E-state index contributed by atoms with van der Waals surface area (Å²) >= 11 is 0. The van der Waals surface area contributed by atoms with Crippen LogP contribution in [-0.2, 0) is 0 Å². The maximum Gasteiger partial charge on any atom is 0.337 e. The second kappa shape index (κ2) is 4.29. The quantitative estimate of drug-likeness (QED) is 0.678. The summed E-state index contributed by atoms with van der Waals surface area (Å²) in [6.45, 7) is 0. The fourth-order valence-corrected chi connectivity index (χ4v) is 1.78. The molecule has 88 valence electrons. The lowest BCUT2D eigenvalue weighted by Crippen LogP contribution is -2.21. The van der Waals surface area contributed by atoms with E-state index in [9.17, 15) is 4.79 Å². The van der Waals surface area contributed by atoms with Gasteiger partial charge in [0, 0.05) is 37.2 Å². The molecule has 3 aromatic heterocycles. The number of aromatic nitrogens is 4. The van der Waals surface area contributed by atoms with Crippen molar-refractivity contribution in [1.82, 2.24) is 19.1 Å². The van der Waals surface area contributed by atoms with Gasteiger partial charge in [-0.15, -0.1) is 0 Å². The molecule has 0 bridgehead atoms. The van der Waals surface area contributed by atoms with E-state index in [4.69, 9.17) is 0 Å². The standard InChI is InChI=1S/C13H10N4O/c18-13-16(11-1-5-14-6-2-11)9-10-17(13)12-3-7-15-8-4-12/h1-10H. The van der Waals surface area contributed by atoms with E-state index in [1.165, 1.54) is 0 Å². The van der Waals surface area contributed by atoms with Gasteiger partial charge in [-0.1, -0.05) is 0 Å². The summed E-state index contributed by atoms with van der Waals surface area (Å²) in [6, 6.07) is 7.16. The van der Waals surface area contributed by atoms with Gasteiger partial charge in [-0.3, -0.25) is 19.1 Å². The number of pyridine rings is 2. The molecule has 3 heterocycles. The first kappa shape index (κ1) is 10.5. The lowest BCUT2D eigenvalue weighted by molar-refractivity contribution is 0.905. The van der Waals surface area contributed by atoms with Crippen LogP contribution in [0.3, 0.4) is 0 Å². The molecule has 0 fully saturated rings. The first-order chi connectivity index (χ1) is 8.86. The highest BCUT2D eigenvalue weighted by atomic mass is 16.1. The van der Waals surface area contributed by atoms with Crippen LogP contribution < -0.4 is 5.69 Å². The van der Waals surface area contributed by atoms with Crippen LogP contribution >= 0.6 is 0 Å². The van der Waals surface area contributed by atoms with Crippen molar-refractivity contribution in [2.24, 2.45) is 0 Å². The van der Waals surface area contributed by atoms with E-state index in [-0.39, 0.29) is 5.69 Å². The van der Waals surface area contributed by atoms with Gasteiger partial charge >= 0.3 is 5.69 Å². The van der Waals surface area contributed by atoms with Crippen LogP contribution in [0.25, 0.3) is 11.4 Å². The molecular formula is C13H10N4O. The molecule has 0 aliphatic carbocycles. The van der Waals surface area contributed by atoms with Crippen molar-refractivity contribution in [1.29, 1.82) is 0 Å². The van der Waals surface area contributed by atoms with E-state index < -0.39 is 0 Å². The third kappa shape index (κ3) is 1.71. The molecule has 0 aliphatic heterocycles. The molecule has 0 amide bonds. The zero-order valence-electron chi connectivity index (χ0n) is 9.47.